The maximum Gasteiger partial charge on any atom is 0.414 e. The number of carbonyl (C=O) groups is 4. The van der Waals surface area contributed by atoms with Crippen molar-refractivity contribution >= 4 is 29.5 Å². The normalized spacial score (nSPS) is 20.3. The smallest absolute Gasteiger partial charge is 0.414 e. The lowest BCUT2D eigenvalue weighted by Gasteiger charge is -2.29. The minimum atomic E-state index is -0.870. The lowest BCUT2D eigenvalue weighted by atomic mass is 9.80. The number of rotatable bonds is 6. The van der Waals surface area contributed by atoms with Crippen LogP contribution in [0.4, 0.5) is 10.5 Å². The van der Waals surface area contributed by atoms with Crippen LogP contribution in [0.1, 0.15) is 57.1 Å². The summed E-state index contributed by atoms with van der Waals surface area (Å²) in [4.78, 5) is 53.8. The van der Waals surface area contributed by atoms with Gasteiger partial charge < -0.3 is 15.4 Å². The molecule has 0 fully saturated rings. The zero-order chi connectivity index (χ0) is 29.8. The van der Waals surface area contributed by atoms with Crippen molar-refractivity contribution < 1.29 is 29.1 Å². The summed E-state index contributed by atoms with van der Waals surface area (Å²) < 4.78 is 5.62. The van der Waals surface area contributed by atoms with Crippen LogP contribution in [0.25, 0.3) is 0 Å². The van der Waals surface area contributed by atoms with Gasteiger partial charge in [0.1, 0.15) is 12.6 Å². The number of nitrogens with one attached hydrogen (secondary N) is 3. The predicted octanol–water partition coefficient (Wildman–Crippen LogP) is 3.96. The van der Waals surface area contributed by atoms with E-state index in [2.05, 4.69) is 10.6 Å². The summed E-state index contributed by atoms with van der Waals surface area (Å²) in [5.74, 6) is -2.77. The molecule has 222 valence electrons. The highest BCUT2D eigenvalue weighted by Gasteiger charge is 2.35. The maximum atomic E-state index is 13.5. The molecular formula is C31H42N4O6. The fraction of sp³-hybridized carbons (Fsp3) is 0.484. The standard InChI is InChI=1S/C31H42N4O6/c1-21(2)18-26-25(29(37)34-40)12-8-5-9-17-35(31(39)41-20-23-10-6-4-7-11-23)24-15-13-22(14-16-24)19-27(30(38)32-3)33-28(26)36/h4,6-7,10-11,13-16,21,25-27,40H,5,8-9,12,17-20H2,1-3H3,(H,32,38)(H,33,36)(H,34,37)/t25-,26+,27-/m0/s1. The van der Waals surface area contributed by atoms with E-state index in [0.717, 1.165) is 11.1 Å². The third-order valence-corrected chi connectivity index (χ3v) is 7.38. The Balaban J connectivity index is 1.89. The van der Waals surface area contributed by atoms with E-state index >= 15 is 0 Å². The predicted molar refractivity (Wildman–Crippen MR) is 155 cm³/mol. The van der Waals surface area contributed by atoms with Gasteiger partial charge in [0.25, 0.3) is 0 Å². The second-order valence-electron chi connectivity index (χ2n) is 10.9. The Labute approximate surface area is 241 Å². The van der Waals surface area contributed by atoms with Crippen molar-refractivity contribution in [3.8, 4) is 0 Å². The number of hydrogen-bond acceptors (Lipinski definition) is 6. The molecule has 0 unspecified atom stereocenters. The average Bonchev–Trinajstić information content (AvgIpc) is 2.98. The molecular weight excluding hydrogens is 524 g/mol. The number of carbonyl (C=O) groups excluding carboxylic acids is 4. The number of hydroxylamine groups is 1. The highest BCUT2D eigenvalue weighted by molar-refractivity contribution is 5.91. The Morgan fingerprint density at radius 2 is 1.73 bits per heavy atom. The van der Waals surface area contributed by atoms with Crippen LogP contribution in [0.5, 0.6) is 0 Å². The summed E-state index contributed by atoms with van der Waals surface area (Å²) in [6, 6.07) is 15.9. The number of nitrogens with zero attached hydrogens (tertiary/aromatic N) is 1. The molecule has 4 N–H and O–H groups in total. The van der Waals surface area contributed by atoms with E-state index in [1.807, 2.05) is 68.4 Å². The first-order valence-corrected chi connectivity index (χ1v) is 14.3. The number of ether oxygens (including phenoxy) is 1. The summed E-state index contributed by atoms with van der Waals surface area (Å²) in [6.07, 6.45) is 2.48. The fourth-order valence-corrected chi connectivity index (χ4v) is 5.20. The number of fused-ring (bicyclic) bond motifs is 13. The fourth-order valence-electron chi connectivity index (χ4n) is 5.20. The van der Waals surface area contributed by atoms with Gasteiger partial charge in [-0.25, -0.2) is 10.3 Å². The van der Waals surface area contributed by atoms with Gasteiger partial charge in [-0.1, -0.05) is 69.2 Å². The first-order chi connectivity index (χ1) is 19.7. The molecule has 0 saturated carbocycles. The molecule has 41 heavy (non-hydrogen) atoms. The van der Waals surface area contributed by atoms with Crippen molar-refractivity contribution in [3.63, 3.8) is 0 Å². The quantitative estimate of drug-likeness (QED) is 0.309. The van der Waals surface area contributed by atoms with E-state index in [1.54, 1.807) is 10.4 Å². The molecule has 0 aromatic heterocycles. The summed E-state index contributed by atoms with van der Waals surface area (Å²) in [7, 11) is 1.50. The second kappa shape index (κ2) is 15.8. The van der Waals surface area contributed by atoms with Gasteiger partial charge in [-0.3, -0.25) is 24.5 Å². The molecule has 0 spiro atoms. The van der Waals surface area contributed by atoms with Crippen molar-refractivity contribution in [2.75, 3.05) is 18.5 Å². The number of likely N-dealkylation sites (N-methyl/N-ethyl adjacent to an activating group) is 1. The second-order valence-corrected chi connectivity index (χ2v) is 10.9. The minimum Gasteiger partial charge on any atom is -0.444 e. The van der Waals surface area contributed by atoms with Crippen molar-refractivity contribution in [2.24, 2.45) is 17.8 Å². The molecule has 2 aliphatic rings. The van der Waals surface area contributed by atoms with Crippen LogP contribution in [0.15, 0.2) is 54.6 Å². The van der Waals surface area contributed by atoms with Gasteiger partial charge in [0, 0.05) is 31.6 Å². The van der Waals surface area contributed by atoms with Crippen LogP contribution in [-0.4, -0.2) is 48.7 Å². The van der Waals surface area contributed by atoms with Gasteiger partial charge >= 0.3 is 6.09 Å². The molecule has 4 amide bonds. The van der Waals surface area contributed by atoms with Gasteiger partial charge in [0.2, 0.25) is 17.7 Å². The van der Waals surface area contributed by atoms with Gasteiger partial charge in [0.05, 0.1) is 5.92 Å². The van der Waals surface area contributed by atoms with Crippen LogP contribution in [0.3, 0.4) is 0 Å². The Morgan fingerprint density at radius 3 is 2.37 bits per heavy atom. The molecule has 0 aliphatic carbocycles. The first kappa shape index (κ1) is 31.6. The molecule has 3 atom stereocenters. The van der Waals surface area contributed by atoms with E-state index < -0.39 is 35.8 Å². The van der Waals surface area contributed by atoms with Crippen molar-refractivity contribution in [3.05, 3.63) is 65.7 Å². The van der Waals surface area contributed by atoms with Crippen molar-refractivity contribution in [2.45, 2.75) is 65.0 Å². The summed E-state index contributed by atoms with van der Waals surface area (Å²) in [6.45, 7) is 4.48. The molecule has 2 heterocycles. The molecule has 2 aromatic carbocycles. The van der Waals surface area contributed by atoms with Crippen LogP contribution in [0, 0.1) is 17.8 Å². The summed E-state index contributed by atoms with van der Waals surface area (Å²) in [5, 5.41) is 14.9. The Hall–Kier alpha value is -3.92. The monoisotopic (exact) mass is 566 g/mol. The Kier molecular flexibility index (Phi) is 12.1. The van der Waals surface area contributed by atoms with E-state index in [1.165, 1.54) is 7.05 Å². The molecule has 2 aliphatic heterocycles. The Morgan fingerprint density at radius 1 is 1.02 bits per heavy atom. The molecule has 0 radical (unpaired) electrons. The number of benzene rings is 2. The third kappa shape index (κ3) is 9.31. The zero-order valence-corrected chi connectivity index (χ0v) is 24.1. The van der Waals surface area contributed by atoms with Crippen molar-refractivity contribution in [1.29, 1.82) is 0 Å². The van der Waals surface area contributed by atoms with Crippen molar-refractivity contribution in [1.82, 2.24) is 16.1 Å². The summed E-state index contributed by atoms with van der Waals surface area (Å²) in [5.41, 5.74) is 4.07. The molecule has 10 nitrogen and oxygen atoms in total. The van der Waals surface area contributed by atoms with Crippen LogP contribution < -0.4 is 21.0 Å². The van der Waals surface area contributed by atoms with Gasteiger partial charge in [-0.2, -0.15) is 0 Å². The highest BCUT2D eigenvalue weighted by atomic mass is 16.6. The number of anilines is 1. The zero-order valence-electron chi connectivity index (χ0n) is 24.1. The van der Waals surface area contributed by atoms with E-state index in [4.69, 9.17) is 4.74 Å². The highest BCUT2D eigenvalue weighted by Crippen LogP contribution is 2.28. The number of hydrogen-bond donors (Lipinski definition) is 4. The van der Waals surface area contributed by atoms with Crippen LogP contribution in [-0.2, 0) is 32.1 Å². The SMILES string of the molecule is CNC(=O)[C@@H]1Cc2ccc(cc2)N(C(=O)OCc2ccccc2)CCCCC[C@H](C(=O)NO)[C@@H](CC(C)C)C(=O)N1. The summed E-state index contributed by atoms with van der Waals surface area (Å²) >= 11 is 0. The lowest BCUT2D eigenvalue weighted by molar-refractivity contribution is -0.142. The van der Waals surface area contributed by atoms with E-state index in [9.17, 15) is 24.4 Å². The van der Waals surface area contributed by atoms with E-state index in [0.29, 0.717) is 44.3 Å². The van der Waals surface area contributed by atoms with Gasteiger partial charge in [0.15, 0.2) is 0 Å². The molecule has 10 heteroatoms. The topological polar surface area (TPSA) is 137 Å². The van der Waals surface area contributed by atoms with E-state index in [-0.39, 0.29) is 24.9 Å². The average molecular weight is 567 g/mol. The molecule has 4 rings (SSSR count). The largest absolute Gasteiger partial charge is 0.444 e. The number of amides is 4. The maximum absolute atomic E-state index is 13.5. The minimum absolute atomic E-state index is 0.104. The molecule has 2 aromatic rings. The van der Waals surface area contributed by atoms with Crippen LogP contribution >= 0.6 is 0 Å². The van der Waals surface area contributed by atoms with Gasteiger partial charge in [-0.15, -0.1) is 0 Å². The van der Waals surface area contributed by atoms with Crippen LogP contribution in [0.2, 0.25) is 0 Å². The lowest BCUT2D eigenvalue weighted by Crippen LogP contribution is -2.51. The first-order valence-electron chi connectivity index (χ1n) is 14.3. The molecule has 0 saturated heterocycles. The van der Waals surface area contributed by atoms with Gasteiger partial charge in [-0.05, 0) is 48.4 Å². The Bertz CT molecular complexity index is 1150. The molecule has 2 bridgehead atoms. The third-order valence-electron chi connectivity index (χ3n) is 7.38.